The number of thiazole rings is 1. The van der Waals surface area contributed by atoms with E-state index in [2.05, 4.69) is 15.3 Å². The lowest BCUT2D eigenvalue weighted by atomic mass is 9.92. The number of anilines is 1. The Labute approximate surface area is 168 Å². The Bertz CT molecular complexity index is 978. The first-order chi connectivity index (χ1) is 13.4. The summed E-state index contributed by atoms with van der Waals surface area (Å²) in [5.41, 5.74) is 2.00. The number of hydrogen-bond donors (Lipinski definition) is 2. The molecule has 0 aliphatic carbocycles. The SMILES string of the molecule is Cc1nc(NC(=O)CN2CCCC(O)(Cn3cnc4ccccc43)C2)sc1C. The van der Waals surface area contributed by atoms with Gasteiger partial charge in [-0.3, -0.25) is 9.69 Å². The Morgan fingerprint density at radius 2 is 2.18 bits per heavy atom. The predicted molar refractivity (Wildman–Crippen MR) is 111 cm³/mol. The van der Waals surface area contributed by atoms with Crippen LogP contribution in [0.2, 0.25) is 0 Å². The van der Waals surface area contributed by atoms with Crippen molar-refractivity contribution in [2.24, 2.45) is 0 Å². The molecular weight excluding hydrogens is 374 g/mol. The van der Waals surface area contributed by atoms with Crippen LogP contribution in [0.3, 0.4) is 0 Å². The maximum atomic E-state index is 12.4. The van der Waals surface area contributed by atoms with Gasteiger partial charge >= 0.3 is 0 Å². The fourth-order valence-corrected chi connectivity index (χ4v) is 4.64. The second kappa shape index (κ2) is 7.62. The molecule has 1 aliphatic rings. The molecule has 1 aliphatic heterocycles. The molecule has 4 rings (SSSR count). The zero-order chi connectivity index (χ0) is 19.7. The third kappa shape index (κ3) is 4.09. The monoisotopic (exact) mass is 399 g/mol. The number of imidazole rings is 1. The fraction of sp³-hybridized carbons (Fsp3) is 0.450. The molecule has 1 atom stereocenters. The Morgan fingerprint density at radius 1 is 1.36 bits per heavy atom. The van der Waals surface area contributed by atoms with Crippen LogP contribution in [0.4, 0.5) is 5.13 Å². The van der Waals surface area contributed by atoms with Crippen LogP contribution >= 0.6 is 11.3 Å². The maximum absolute atomic E-state index is 12.4. The molecule has 148 valence electrons. The lowest BCUT2D eigenvalue weighted by molar-refractivity contribution is -0.119. The summed E-state index contributed by atoms with van der Waals surface area (Å²) in [6.45, 7) is 5.92. The van der Waals surface area contributed by atoms with Gasteiger partial charge < -0.3 is 15.0 Å². The number of amides is 1. The van der Waals surface area contributed by atoms with Crippen molar-refractivity contribution < 1.29 is 9.90 Å². The van der Waals surface area contributed by atoms with Gasteiger partial charge in [0.2, 0.25) is 5.91 Å². The number of carbonyl (C=O) groups is 1. The van der Waals surface area contributed by atoms with E-state index in [0.29, 0.717) is 24.6 Å². The van der Waals surface area contributed by atoms with Gasteiger partial charge in [0.1, 0.15) is 0 Å². The highest BCUT2D eigenvalue weighted by molar-refractivity contribution is 7.15. The highest BCUT2D eigenvalue weighted by Crippen LogP contribution is 2.25. The van der Waals surface area contributed by atoms with Crippen LogP contribution in [0.15, 0.2) is 30.6 Å². The second-order valence-electron chi connectivity index (χ2n) is 7.61. The number of aromatic nitrogens is 3. The molecular formula is C20H25N5O2S. The molecule has 1 fully saturated rings. The average molecular weight is 400 g/mol. The highest BCUT2D eigenvalue weighted by atomic mass is 32.1. The second-order valence-corrected chi connectivity index (χ2v) is 8.81. The highest BCUT2D eigenvalue weighted by Gasteiger charge is 2.34. The van der Waals surface area contributed by atoms with Crippen LogP contribution in [-0.4, -0.2) is 55.7 Å². The largest absolute Gasteiger partial charge is 0.387 e. The molecule has 28 heavy (non-hydrogen) atoms. The van der Waals surface area contributed by atoms with E-state index >= 15 is 0 Å². The van der Waals surface area contributed by atoms with Crippen molar-refractivity contribution in [3.8, 4) is 0 Å². The van der Waals surface area contributed by atoms with Crippen molar-refractivity contribution in [3.05, 3.63) is 41.2 Å². The van der Waals surface area contributed by atoms with Crippen molar-refractivity contribution in [3.63, 3.8) is 0 Å². The summed E-state index contributed by atoms with van der Waals surface area (Å²) < 4.78 is 2.00. The number of β-amino-alcohol motifs (C(OH)–C–C–N with tert-alkyl or cyclic N) is 1. The number of nitrogens with zero attached hydrogens (tertiary/aromatic N) is 4. The molecule has 3 heterocycles. The van der Waals surface area contributed by atoms with E-state index in [1.54, 1.807) is 6.33 Å². The molecule has 3 aromatic rings. The molecule has 0 bridgehead atoms. The standard InChI is InChI=1S/C20H25N5O2S/c1-14-15(2)28-19(22-14)23-18(26)10-24-9-5-8-20(27,11-24)12-25-13-21-16-6-3-4-7-17(16)25/h3-4,6-7,13,27H,5,8-12H2,1-2H3,(H,22,23,26). The minimum absolute atomic E-state index is 0.0916. The number of rotatable bonds is 5. The van der Waals surface area contributed by atoms with E-state index in [9.17, 15) is 9.90 Å². The molecule has 2 aromatic heterocycles. The van der Waals surface area contributed by atoms with Crippen molar-refractivity contribution in [1.82, 2.24) is 19.4 Å². The first-order valence-electron chi connectivity index (χ1n) is 9.50. The zero-order valence-corrected chi connectivity index (χ0v) is 17.0. The Balaban J connectivity index is 1.39. The van der Waals surface area contributed by atoms with Gasteiger partial charge in [-0.25, -0.2) is 9.97 Å². The van der Waals surface area contributed by atoms with Gasteiger partial charge in [0.25, 0.3) is 0 Å². The molecule has 0 saturated carbocycles. The molecule has 1 unspecified atom stereocenters. The van der Waals surface area contributed by atoms with Crippen molar-refractivity contribution in [1.29, 1.82) is 0 Å². The number of fused-ring (bicyclic) bond motifs is 1. The van der Waals surface area contributed by atoms with E-state index in [1.165, 1.54) is 11.3 Å². The maximum Gasteiger partial charge on any atom is 0.240 e. The third-order valence-electron chi connectivity index (χ3n) is 5.27. The van der Waals surface area contributed by atoms with Crippen LogP contribution in [0.25, 0.3) is 11.0 Å². The Hall–Kier alpha value is -2.29. The summed E-state index contributed by atoms with van der Waals surface area (Å²) in [6, 6.07) is 7.91. The normalized spacial score (nSPS) is 20.5. The number of para-hydroxylation sites is 2. The molecule has 2 N–H and O–H groups in total. The fourth-order valence-electron chi connectivity index (χ4n) is 3.81. The zero-order valence-electron chi connectivity index (χ0n) is 16.2. The van der Waals surface area contributed by atoms with E-state index in [0.717, 1.165) is 34.6 Å². The summed E-state index contributed by atoms with van der Waals surface area (Å²) in [5.74, 6) is -0.0916. The lowest BCUT2D eigenvalue weighted by Crippen LogP contribution is -2.52. The molecule has 7 nitrogen and oxygen atoms in total. The number of nitrogens with one attached hydrogen (secondary N) is 1. The van der Waals surface area contributed by atoms with Gasteiger partial charge in [-0.2, -0.15) is 0 Å². The van der Waals surface area contributed by atoms with Gasteiger partial charge in [-0.1, -0.05) is 12.1 Å². The summed E-state index contributed by atoms with van der Waals surface area (Å²) in [6.07, 6.45) is 3.34. The Morgan fingerprint density at radius 3 is 2.96 bits per heavy atom. The number of carbonyl (C=O) groups excluding carboxylic acids is 1. The van der Waals surface area contributed by atoms with Crippen LogP contribution in [0.1, 0.15) is 23.4 Å². The van der Waals surface area contributed by atoms with Gasteiger partial charge in [0, 0.05) is 11.4 Å². The number of likely N-dealkylation sites (tertiary alicyclic amines) is 1. The number of piperidine rings is 1. The van der Waals surface area contributed by atoms with E-state index in [4.69, 9.17) is 0 Å². The number of aryl methyl sites for hydroxylation is 2. The molecule has 1 saturated heterocycles. The van der Waals surface area contributed by atoms with Crippen LogP contribution in [0, 0.1) is 13.8 Å². The first kappa shape index (κ1) is 19.0. The molecule has 0 spiro atoms. The van der Waals surface area contributed by atoms with Crippen molar-refractivity contribution in [2.75, 3.05) is 25.0 Å². The van der Waals surface area contributed by atoms with Crippen molar-refractivity contribution >= 4 is 33.4 Å². The van der Waals surface area contributed by atoms with Gasteiger partial charge in [-0.05, 0) is 45.4 Å². The van der Waals surface area contributed by atoms with Crippen molar-refractivity contribution in [2.45, 2.75) is 38.8 Å². The first-order valence-corrected chi connectivity index (χ1v) is 10.3. The smallest absolute Gasteiger partial charge is 0.240 e. The minimum atomic E-state index is -0.879. The summed E-state index contributed by atoms with van der Waals surface area (Å²) in [4.78, 5) is 24.3. The molecule has 0 radical (unpaired) electrons. The quantitative estimate of drug-likeness (QED) is 0.689. The number of benzene rings is 1. The van der Waals surface area contributed by atoms with Gasteiger partial charge in [-0.15, -0.1) is 11.3 Å². The van der Waals surface area contributed by atoms with E-state index in [1.807, 2.05) is 47.6 Å². The minimum Gasteiger partial charge on any atom is -0.387 e. The number of aliphatic hydroxyl groups is 1. The number of hydrogen-bond acceptors (Lipinski definition) is 6. The molecule has 1 amide bonds. The predicted octanol–water partition coefficient (Wildman–Crippen LogP) is 2.58. The summed E-state index contributed by atoms with van der Waals surface area (Å²) in [7, 11) is 0. The van der Waals surface area contributed by atoms with Crippen LogP contribution < -0.4 is 5.32 Å². The van der Waals surface area contributed by atoms with Crippen LogP contribution in [-0.2, 0) is 11.3 Å². The average Bonchev–Trinajstić information content (AvgIpc) is 3.18. The molecule has 1 aromatic carbocycles. The summed E-state index contributed by atoms with van der Waals surface area (Å²) in [5, 5.41) is 14.7. The summed E-state index contributed by atoms with van der Waals surface area (Å²) >= 11 is 1.49. The van der Waals surface area contributed by atoms with Gasteiger partial charge in [0.05, 0.1) is 41.7 Å². The van der Waals surface area contributed by atoms with E-state index < -0.39 is 5.60 Å². The van der Waals surface area contributed by atoms with Gasteiger partial charge in [0.15, 0.2) is 5.13 Å². The lowest BCUT2D eigenvalue weighted by Gasteiger charge is -2.39. The van der Waals surface area contributed by atoms with E-state index in [-0.39, 0.29) is 12.5 Å². The topological polar surface area (TPSA) is 83.3 Å². The van der Waals surface area contributed by atoms with Crippen LogP contribution in [0.5, 0.6) is 0 Å². The third-order valence-corrected chi connectivity index (χ3v) is 6.26. The molecule has 8 heteroatoms. The Kier molecular flexibility index (Phi) is 5.18.